The lowest BCUT2D eigenvalue weighted by atomic mass is 10.2. The molecule has 0 heterocycles. The van der Waals surface area contributed by atoms with Gasteiger partial charge in [-0.25, -0.2) is 0 Å². The smallest absolute Gasteiger partial charge is 0.0638 e. The third kappa shape index (κ3) is 5.89. The summed E-state index contributed by atoms with van der Waals surface area (Å²) >= 11 is 4.06. The fourth-order valence-electron chi connectivity index (χ4n) is 2.57. The summed E-state index contributed by atoms with van der Waals surface area (Å²) in [5, 5.41) is 2.58. The Balaban J connectivity index is 1.61. The SMILES string of the molecule is c1ccc(C[SiH](CSc2ccccc2)CSc2ccccc2)cc1. The molecule has 0 fully saturated rings. The Hall–Kier alpha value is -1.42. The maximum Gasteiger partial charge on any atom is 0.0638 e. The maximum absolute atomic E-state index is 2.28. The van der Waals surface area contributed by atoms with E-state index in [1.807, 2.05) is 23.5 Å². The van der Waals surface area contributed by atoms with Crippen molar-refractivity contribution in [1.29, 1.82) is 0 Å². The highest BCUT2D eigenvalue weighted by atomic mass is 32.2. The van der Waals surface area contributed by atoms with Crippen LogP contribution in [0.2, 0.25) is 0 Å². The number of thioether (sulfide) groups is 2. The topological polar surface area (TPSA) is 0 Å². The van der Waals surface area contributed by atoms with Crippen LogP contribution in [0, 0.1) is 0 Å². The van der Waals surface area contributed by atoms with Gasteiger partial charge in [-0.1, -0.05) is 72.3 Å². The van der Waals surface area contributed by atoms with E-state index in [0.717, 1.165) is 0 Å². The van der Waals surface area contributed by atoms with Crippen LogP contribution < -0.4 is 0 Å². The van der Waals surface area contributed by atoms with Gasteiger partial charge in [-0.2, -0.15) is 0 Å². The first-order chi connectivity index (χ1) is 11.9. The van der Waals surface area contributed by atoms with Gasteiger partial charge < -0.3 is 0 Å². The number of benzene rings is 3. The molecule has 0 radical (unpaired) electrons. The molecule has 3 rings (SSSR count). The van der Waals surface area contributed by atoms with Crippen LogP contribution >= 0.6 is 23.5 Å². The quantitative estimate of drug-likeness (QED) is 0.373. The molecule has 0 N–H and O–H groups in total. The monoisotopic (exact) mass is 366 g/mol. The molecule has 3 aromatic rings. The molecule has 122 valence electrons. The fourth-order valence-corrected chi connectivity index (χ4v) is 9.83. The van der Waals surface area contributed by atoms with Gasteiger partial charge in [0, 0.05) is 9.79 Å². The summed E-state index contributed by atoms with van der Waals surface area (Å²) in [6.07, 6.45) is 0. The summed E-state index contributed by atoms with van der Waals surface area (Å²) in [6.45, 7) is 0. The minimum Gasteiger partial charge on any atom is -0.129 e. The number of rotatable bonds is 8. The second kappa shape index (κ2) is 9.77. The summed E-state index contributed by atoms with van der Waals surface area (Å²) < 4.78 is 0. The highest BCUT2D eigenvalue weighted by molar-refractivity contribution is 8.02. The van der Waals surface area contributed by atoms with Gasteiger partial charge >= 0.3 is 0 Å². The summed E-state index contributed by atoms with van der Waals surface area (Å²) in [7, 11) is -0.874. The molecule has 0 saturated carbocycles. The summed E-state index contributed by atoms with van der Waals surface area (Å²) in [5.41, 5.74) is 1.50. The average Bonchev–Trinajstić information content (AvgIpc) is 2.66. The van der Waals surface area contributed by atoms with Crippen molar-refractivity contribution >= 4 is 32.3 Å². The molecule has 0 aromatic heterocycles. The van der Waals surface area contributed by atoms with Crippen molar-refractivity contribution in [1.82, 2.24) is 0 Å². The first-order valence-electron chi connectivity index (χ1n) is 8.30. The summed E-state index contributed by atoms with van der Waals surface area (Å²) in [4.78, 5) is 2.79. The molecule has 3 aromatic carbocycles. The Bertz CT molecular complexity index is 658. The van der Waals surface area contributed by atoms with Crippen LogP contribution in [0.3, 0.4) is 0 Å². The zero-order chi connectivity index (χ0) is 16.5. The minimum atomic E-state index is -0.874. The van der Waals surface area contributed by atoms with Gasteiger partial charge in [0.1, 0.15) is 0 Å². The summed E-state index contributed by atoms with van der Waals surface area (Å²) in [6, 6.07) is 33.9. The molecule has 0 amide bonds. The molecular weight excluding hydrogens is 344 g/mol. The van der Waals surface area contributed by atoms with Crippen molar-refractivity contribution in [3.05, 3.63) is 96.6 Å². The molecule has 0 aliphatic carbocycles. The van der Waals surface area contributed by atoms with Crippen LogP contribution in [0.25, 0.3) is 0 Å². The van der Waals surface area contributed by atoms with E-state index in [4.69, 9.17) is 0 Å². The van der Waals surface area contributed by atoms with Crippen molar-refractivity contribution in [2.24, 2.45) is 0 Å². The van der Waals surface area contributed by atoms with Gasteiger partial charge in [-0.05, 0) is 41.1 Å². The highest BCUT2D eigenvalue weighted by Gasteiger charge is 2.13. The number of hydrogen-bond acceptors (Lipinski definition) is 2. The van der Waals surface area contributed by atoms with E-state index in [1.54, 1.807) is 0 Å². The Kier molecular flexibility index (Phi) is 7.08. The molecule has 0 saturated heterocycles. The van der Waals surface area contributed by atoms with Gasteiger partial charge in [-0.3, -0.25) is 0 Å². The minimum absolute atomic E-state index is 0.874. The molecule has 24 heavy (non-hydrogen) atoms. The third-order valence-electron chi connectivity index (χ3n) is 3.83. The van der Waals surface area contributed by atoms with Crippen molar-refractivity contribution in [3.8, 4) is 0 Å². The fraction of sp³-hybridized carbons (Fsp3) is 0.143. The first-order valence-corrected chi connectivity index (χ1v) is 12.7. The van der Waals surface area contributed by atoms with E-state index in [1.165, 1.54) is 32.2 Å². The van der Waals surface area contributed by atoms with E-state index in [-0.39, 0.29) is 0 Å². The maximum atomic E-state index is 2.28. The van der Waals surface area contributed by atoms with Gasteiger partial charge in [0.25, 0.3) is 0 Å². The molecule has 3 heteroatoms. The van der Waals surface area contributed by atoms with Gasteiger partial charge in [0.05, 0.1) is 8.80 Å². The normalized spacial score (nSPS) is 10.9. The molecule has 0 atom stereocenters. The zero-order valence-electron chi connectivity index (χ0n) is 13.7. The van der Waals surface area contributed by atoms with Gasteiger partial charge in [0.2, 0.25) is 0 Å². The Morgan fingerprint density at radius 2 is 0.958 bits per heavy atom. The highest BCUT2D eigenvalue weighted by Crippen LogP contribution is 2.23. The molecular formula is C21H22S2Si. The molecule has 0 nitrogen and oxygen atoms in total. The predicted octanol–water partition coefficient (Wildman–Crippen LogP) is 5.66. The molecule has 0 aliphatic heterocycles. The third-order valence-corrected chi connectivity index (χ3v) is 11.2. The second-order valence-electron chi connectivity index (χ2n) is 5.80. The molecule has 0 spiro atoms. The largest absolute Gasteiger partial charge is 0.129 e. The van der Waals surface area contributed by atoms with Crippen molar-refractivity contribution in [2.75, 3.05) is 10.8 Å². The van der Waals surface area contributed by atoms with Crippen LogP contribution in [-0.2, 0) is 6.04 Å². The molecule has 0 aliphatic rings. The van der Waals surface area contributed by atoms with Crippen LogP contribution in [0.15, 0.2) is 101 Å². The van der Waals surface area contributed by atoms with Crippen molar-refractivity contribution in [3.63, 3.8) is 0 Å². The first kappa shape index (κ1) is 17.4. The Morgan fingerprint density at radius 1 is 0.542 bits per heavy atom. The van der Waals surface area contributed by atoms with E-state index >= 15 is 0 Å². The van der Waals surface area contributed by atoms with Crippen LogP contribution in [0.5, 0.6) is 0 Å². The predicted molar refractivity (Wildman–Crippen MR) is 112 cm³/mol. The average molecular weight is 367 g/mol. The Morgan fingerprint density at radius 3 is 1.42 bits per heavy atom. The molecule has 0 unspecified atom stereocenters. The Labute approximate surface area is 155 Å². The van der Waals surface area contributed by atoms with Crippen LogP contribution in [0.1, 0.15) is 5.56 Å². The zero-order valence-corrected chi connectivity index (χ0v) is 16.5. The second-order valence-corrected chi connectivity index (χ2v) is 12.1. The van der Waals surface area contributed by atoms with Crippen LogP contribution in [-0.4, -0.2) is 19.5 Å². The van der Waals surface area contributed by atoms with E-state index in [0.29, 0.717) is 0 Å². The lowest BCUT2D eigenvalue weighted by Crippen LogP contribution is -2.24. The lowest BCUT2D eigenvalue weighted by molar-refractivity contribution is 1.34. The van der Waals surface area contributed by atoms with Crippen molar-refractivity contribution < 1.29 is 0 Å². The van der Waals surface area contributed by atoms with Gasteiger partial charge in [0.15, 0.2) is 0 Å². The standard InChI is InChI=1S/C21H22S2Si/c1-4-10-19(11-5-1)16-24(17-22-20-12-6-2-7-13-20)18-23-21-14-8-3-9-15-21/h1-15,24H,16-18H2. The van der Waals surface area contributed by atoms with Crippen LogP contribution in [0.4, 0.5) is 0 Å². The van der Waals surface area contributed by atoms with E-state index in [2.05, 4.69) is 91.0 Å². The lowest BCUT2D eigenvalue weighted by Gasteiger charge is -2.15. The molecule has 0 bridgehead atoms. The van der Waals surface area contributed by atoms with E-state index < -0.39 is 8.80 Å². The van der Waals surface area contributed by atoms with Gasteiger partial charge in [-0.15, -0.1) is 23.5 Å². The number of hydrogen-bond donors (Lipinski definition) is 0. The van der Waals surface area contributed by atoms with Crippen molar-refractivity contribution in [2.45, 2.75) is 15.8 Å². The summed E-state index contributed by atoms with van der Waals surface area (Å²) in [5.74, 6) is 0. The van der Waals surface area contributed by atoms with E-state index in [9.17, 15) is 0 Å².